The number of hydrogen-bond acceptors (Lipinski definition) is 2. The summed E-state index contributed by atoms with van der Waals surface area (Å²) in [6.45, 7) is 8.44. The van der Waals surface area contributed by atoms with Crippen molar-refractivity contribution in [1.29, 1.82) is 0 Å². The molecule has 1 aromatic rings. The van der Waals surface area contributed by atoms with Crippen LogP contribution in [0.25, 0.3) is 0 Å². The summed E-state index contributed by atoms with van der Waals surface area (Å²) in [5.41, 5.74) is 2.02. The third kappa shape index (κ3) is 6.77. The molecule has 0 saturated carbocycles. The van der Waals surface area contributed by atoms with E-state index in [2.05, 4.69) is 24.5 Å². The van der Waals surface area contributed by atoms with E-state index >= 15 is 0 Å². The lowest BCUT2D eigenvalue weighted by Gasteiger charge is -2.32. The van der Waals surface area contributed by atoms with E-state index < -0.39 is 0 Å². The van der Waals surface area contributed by atoms with Crippen LogP contribution in [0, 0.1) is 18.8 Å². The molecule has 2 rings (SSSR count). The Bertz CT molecular complexity index is 561. The zero-order chi connectivity index (χ0) is 18.2. The minimum absolute atomic E-state index is 0.0208. The Labute approximate surface area is 151 Å². The van der Waals surface area contributed by atoms with Crippen molar-refractivity contribution >= 4 is 17.6 Å². The smallest absolute Gasteiger partial charge is 0.321 e. The molecule has 0 radical (unpaired) electrons. The van der Waals surface area contributed by atoms with Gasteiger partial charge in [0.25, 0.3) is 0 Å². The standard InChI is InChI=1S/C20H31N3O2/c1-15(2)14-19(24)21-11-8-17-9-12-23(13-10-17)20(25)22-18-6-4-16(3)5-7-18/h4-7,15,17H,8-14H2,1-3H3,(H,21,24)(H,22,25). The van der Waals surface area contributed by atoms with Crippen molar-refractivity contribution in [3.8, 4) is 0 Å². The summed E-state index contributed by atoms with van der Waals surface area (Å²) in [6.07, 6.45) is 3.59. The topological polar surface area (TPSA) is 61.4 Å². The summed E-state index contributed by atoms with van der Waals surface area (Å²) in [5.74, 6) is 1.13. The number of nitrogens with zero attached hydrogens (tertiary/aromatic N) is 1. The van der Waals surface area contributed by atoms with E-state index in [1.165, 1.54) is 5.56 Å². The van der Waals surface area contributed by atoms with Crippen LogP contribution in [0.15, 0.2) is 24.3 Å². The maximum atomic E-state index is 12.3. The molecule has 0 unspecified atom stereocenters. The molecule has 1 aliphatic rings. The van der Waals surface area contributed by atoms with Gasteiger partial charge in [-0.15, -0.1) is 0 Å². The van der Waals surface area contributed by atoms with Crippen LogP contribution in [0.4, 0.5) is 10.5 Å². The third-order valence-corrected chi connectivity index (χ3v) is 4.67. The van der Waals surface area contributed by atoms with Crippen LogP contribution < -0.4 is 10.6 Å². The van der Waals surface area contributed by atoms with Crippen LogP contribution in [0.1, 0.15) is 45.1 Å². The van der Waals surface area contributed by atoms with Gasteiger partial charge in [0, 0.05) is 31.7 Å². The first kappa shape index (κ1) is 19.3. The lowest BCUT2D eigenvalue weighted by atomic mass is 9.93. The maximum absolute atomic E-state index is 12.3. The van der Waals surface area contributed by atoms with E-state index in [4.69, 9.17) is 0 Å². The van der Waals surface area contributed by atoms with Gasteiger partial charge in [-0.25, -0.2) is 4.79 Å². The van der Waals surface area contributed by atoms with Gasteiger partial charge in [0.1, 0.15) is 0 Å². The number of carbonyl (C=O) groups is 2. The fourth-order valence-electron chi connectivity index (χ4n) is 3.12. The predicted octanol–water partition coefficient (Wildman–Crippen LogP) is 3.79. The predicted molar refractivity (Wildman–Crippen MR) is 102 cm³/mol. The van der Waals surface area contributed by atoms with Crippen LogP contribution in [-0.2, 0) is 4.79 Å². The summed E-state index contributed by atoms with van der Waals surface area (Å²) in [6, 6.07) is 7.83. The third-order valence-electron chi connectivity index (χ3n) is 4.67. The molecule has 3 amide bonds. The SMILES string of the molecule is Cc1ccc(NC(=O)N2CCC(CCNC(=O)CC(C)C)CC2)cc1. The number of likely N-dealkylation sites (tertiary alicyclic amines) is 1. The van der Waals surface area contributed by atoms with Gasteiger partial charge in [-0.2, -0.15) is 0 Å². The normalized spacial score (nSPS) is 15.3. The monoisotopic (exact) mass is 345 g/mol. The second-order valence-electron chi connectivity index (χ2n) is 7.46. The highest BCUT2D eigenvalue weighted by molar-refractivity contribution is 5.89. The Morgan fingerprint density at radius 1 is 1.16 bits per heavy atom. The number of urea groups is 1. The zero-order valence-corrected chi connectivity index (χ0v) is 15.7. The van der Waals surface area contributed by atoms with E-state index in [0.29, 0.717) is 18.3 Å². The molecule has 138 valence electrons. The highest BCUT2D eigenvalue weighted by atomic mass is 16.2. The van der Waals surface area contributed by atoms with Crippen LogP contribution in [0.5, 0.6) is 0 Å². The fraction of sp³-hybridized carbons (Fsp3) is 0.600. The number of nitrogens with one attached hydrogen (secondary N) is 2. The average molecular weight is 345 g/mol. The summed E-state index contributed by atoms with van der Waals surface area (Å²) in [7, 11) is 0. The Morgan fingerprint density at radius 3 is 2.40 bits per heavy atom. The molecule has 0 spiro atoms. The first-order valence-corrected chi connectivity index (χ1v) is 9.33. The van der Waals surface area contributed by atoms with E-state index in [9.17, 15) is 9.59 Å². The summed E-state index contributed by atoms with van der Waals surface area (Å²) in [4.78, 5) is 25.9. The van der Waals surface area contributed by atoms with Crippen molar-refractivity contribution < 1.29 is 9.59 Å². The van der Waals surface area contributed by atoms with E-state index in [0.717, 1.165) is 44.6 Å². The minimum atomic E-state index is -0.0208. The number of rotatable bonds is 6. The van der Waals surface area contributed by atoms with Crippen molar-refractivity contribution in [2.75, 3.05) is 25.0 Å². The number of piperidine rings is 1. The van der Waals surface area contributed by atoms with Crippen molar-refractivity contribution in [3.05, 3.63) is 29.8 Å². The van der Waals surface area contributed by atoms with Crippen molar-refractivity contribution in [3.63, 3.8) is 0 Å². The molecule has 0 bridgehead atoms. The number of hydrogen-bond donors (Lipinski definition) is 2. The molecule has 2 N–H and O–H groups in total. The lowest BCUT2D eigenvalue weighted by Crippen LogP contribution is -2.41. The van der Waals surface area contributed by atoms with E-state index in [1.54, 1.807) is 0 Å². The molecule has 5 nitrogen and oxygen atoms in total. The molecule has 1 fully saturated rings. The molecule has 0 atom stereocenters. The van der Waals surface area contributed by atoms with Gasteiger partial charge in [-0.05, 0) is 50.2 Å². The highest BCUT2D eigenvalue weighted by Gasteiger charge is 2.22. The summed E-state index contributed by atoms with van der Waals surface area (Å²) < 4.78 is 0. The van der Waals surface area contributed by atoms with Gasteiger partial charge in [0.05, 0.1) is 0 Å². The minimum Gasteiger partial charge on any atom is -0.356 e. The molecule has 1 saturated heterocycles. The Balaban J connectivity index is 1.66. The first-order chi connectivity index (χ1) is 11.9. The van der Waals surface area contributed by atoms with Crippen LogP contribution in [0.3, 0.4) is 0 Å². The Hall–Kier alpha value is -2.04. The van der Waals surface area contributed by atoms with Gasteiger partial charge >= 0.3 is 6.03 Å². The summed E-state index contributed by atoms with van der Waals surface area (Å²) >= 11 is 0. The average Bonchev–Trinajstić information content (AvgIpc) is 2.57. The lowest BCUT2D eigenvalue weighted by molar-refractivity contribution is -0.121. The fourth-order valence-corrected chi connectivity index (χ4v) is 3.12. The molecule has 1 heterocycles. The van der Waals surface area contributed by atoms with Crippen LogP contribution in [-0.4, -0.2) is 36.5 Å². The van der Waals surface area contributed by atoms with Gasteiger partial charge in [-0.1, -0.05) is 31.5 Å². The largest absolute Gasteiger partial charge is 0.356 e. The Morgan fingerprint density at radius 2 is 1.80 bits per heavy atom. The van der Waals surface area contributed by atoms with Crippen molar-refractivity contribution in [1.82, 2.24) is 10.2 Å². The van der Waals surface area contributed by atoms with Gasteiger partial charge in [-0.3, -0.25) is 4.79 Å². The molecule has 0 aromatic heterocycles. The van der Waals surface area contributed by atoms with Gasteiger partial charge in [0.2, 0.25) is 5.91 Å². The highest BCUT2D eigenvalue weighted by Crippen LogP contribution is 2.21. The van der Waals surface area contributed by atoms with Gasteiger partial charge in [0.15, 0.2) is 0 Å². The van der Waals surface area contributed by atoms with Crippen LogP contribution in [0.2, 0.25) is 0 Å². The number of benzene rings is 1. The first-order valence-electron chi connectivity index (χ1n) is 9.33. The quantitative estimate of drug-likeness (QED) is 0.824. The summed E-state index contributed by atoms with van der Waals surface area (Å²) in [5, 5.41) is 5.96. The van der Waals surface area contributed by atoms with E-state index in [-0.39, 0.29) is 11.9 Å². The van der Waals surface area contributed by atoms with Crippen LogP contribution >= 0.6 is 0 Å². The molecular weight excluding hydrogens is 314 g/mol. The number of anilines is 1. The number of aryl methyl sites for hydroxylation is 1. The molecule has 1 aliphatic heterocycles. The number of carbonyl (C=O) groups excluding carboxylic acids is 2. The van der Waals surface area contributed by atoms with Gasteiger partial charge < -0.3 is 15.5 Å². The van der Waals surface area contributed by atoms with Crippen molar-refractivity contribution in [2.45, 2.75) is 46.5 Å². The molecule has 0 aliphatic carbocycles. The zero-order valence-electron chi connectivity index (χ0n) is 15.7. The molecular formula is C20H31N3O2. The van der Waals surface area contributed by atoms with E-state index in [1.807, 2.05) is 36.1 Å². The maximum Gasteiger partial charge on any atom is 0.321 e. The second kappa shape index (κ2) is 9.44. The Kier molecular flexibility index (Phi) is 7.29. The molecule has 5 heteroatoms. The van der Waals surface area contributed by atoms with Crippen molar-refractivity contribution in [2.24, 2.45) is 11.8 Å². The molecule has 25 heavy (non-hydrogen) atoms. The second-order valence-corrected chi connectivity index (χ2v) is 7.46. The number of amides is 3. The molecule has 1 aromatic carbocycles.